The highest BCUT2D eigenvalue weighted by molar-refractivity contribution is 8.00. The molecule has 7 nitrogen and oxygen atoms in total. The zero-order valence-electron chi connectivity index (χ0n) is 13.3. The van der Waals surface area contributed by atoms with Crippen LogP contribution in [0.3, 0.4) is 0 Å². The standard InChI is InChI=1S/C16H14F2N2O5S/c17-10-3-4-12(18)13(6-10)26-9-15(22)25-8-14(21)20-16(23)19-7-11-2-1-5-24-11/h1-6H,7-9H2,(H2,19,20,21,23). The van der Waals surface area contributed by atoms with Crippen LogP contribution in [-0.2, 0) is 20.9 Å². The third-order valence-corrected chi connectivity index (χ3v) is 3.86. The van der Waals surface area contributed by atoms with Crippen molar-refractivity contribution in [3.8, 4) is 0 Å². The number of nitrogens with one attached hydrogen (secondary N) is 2. The molecule has 0 unspecified atom stereocenters. The lowest BCUT2D eigenvalue weighted by molar-refractivity contribution is -0.145. The van der Waals surface area contributed by atoms with Crippen LogP contribution < -0.4 is 10.6 Å². The van der Waals surface area contributed by atoms with Crippen molar-refractivity contribution in [2.75, 3.05) is 12.4 Å². The summed E-state index contributed by atoms with van der Waals surface area (Å²) in [4.78, 5) is 34.4. The lowest BCUT2D eigenvalue weighted by atomic mass is 10.3. The summed E-state index contributed by atoms with van der Waals surface area (Å²) in [5.41, 5.74) is 0. The minimum Gasteiger partial charge on any atom is -0.467 e. The quantitative estimate of drug-likeness (QED) is 0.561. The van der Waals surface area contributed by atoms with Crippen LogP contribution in [0, 0.1) is 11.6 Å². The largest absolute Gasteiger partial charge is 0.467 e. The number of thioether (sulfide) groups is 1. The van der Waals surface area contributed by atoms with Crippen LogP contribution in [0.5, 0.6) is 0 Å². The van der Waals surface area contributed by atoms with Crippen LogP contribution in [0.15, 0.2) is 45.9 Å². The number of urea groups is 1. The van der Waals surface area contributed by atoms with Gasteiger partial charge in [-0.2, -0.15) is 0 Å². The van der Waals surface area contributed by atoms with E-state index in [-0.39, 0.29) is 17.2 Å². The van der Waals surface area contributed by atoms with Crippen molar-refractivity contribution < 1.29 is 32.3 Å². The summed E-state index contributed by atoms with van der Waals surface area (Å²) in [5, 5.41) is 4.34. The zero-order valence-corrected chi connectivity index (χ0v) is 14.1. The van der Waals surface area contributed by atoms with Crippen molar-refractivity contribution >= 4 is 29.7 Å². The van der Waals surface area contributed by atoms with Crippen molar-refractivity contribution in [2.24, 2.45) is 0 Å². The van der Waals surface area contributed by atoms with Gasteiger partial charge in [0.2, 0.25) is 0 Å². The molecule has 1 aromatic carbocycles. The maximum absolute atomic E-state index is 13.4. The van der Waals surface area contributed by atoms with Gasteiger partial charge >= 0.3 is 12.0 Å². The van der Waals surface area contributed by atoms with Crippen LogP contribution in [-0.4, -0.2) is 30.3 Å². The van der Waals surface area contributed by atoms with Crippen molar-refractivity contribution in [1.82, 2.24) is 10.6 Å². The van der Waals surface area contributed by atoms with Crippen LogP contribution in [0.1, 0.15) is 5.76 Å². The Kier molecular flexibility index (Phi) is 7.15. The number of hydrogen-bond acceptors (Lipinski definition) is 6. The molecule has 0 spiro atoms. The summed E-state index contributed by atoms with van der Waals surface area (Å²) >= 11 is 0.731. The fraction of sp³-hybridized carbons (Fsp3) is 0.188. The first-order valence-corrected chi connectivity index (χ1v) is 8.26. The van der Waals surface area contributed by atoms with Gasteiger partial charge < -0.3 is 14.5 Å². The average Bonchev–Trinajstić information content (AvgIpc) is 3.12. The van der Waals surface area contributed by atoms with Crippen molar-refractivity contribution in [3.05, 3.63) is 54.0 Å². The van der Waals surface area contributed by atoms with E-state index in [9.17, 15) is 23.2 Å². The molecule has 0 aliphatic rings. The van der Waals surface area contributed by atoms with E-state index >= 15 is 0 Å². The molecule has 0 bridgehead atoms. The number of furan rings is 1. The molecule has 0 radical (unpaired) electrons. The number of hydrogen-bond donors (Lipinski definition) is 2. The lowest BCUT2D eigenvalue weighted by Gasteiger charge is -2.07. The van der Waals surface area contributed by atoms with Gasteiger partial charge in [-0.1, -0.05) is 0 Å². The van der Waals surface area contributed by atoms with Gasteiger partial charge in [-0.05, 0) is 30.3 Å². The van der Waals surface area contributed by atoms with E-state index in [1.165, 1.54) is 6.26 Å². The van der Waals surface area contributed by atoms with Gasteiger partial charge in [-0.15, -0.1) is 11.8 Å². The first-order valence-electron chi connectivity index (χ1n) is 7.27. The summed E-state index contributed by atoms with van der Waals surface area (Å²) in [6.07, 6.45) is 1.44. The SMILES string of the molecule is O=C(COC(=O)CSc1cc(F)ccc1F)NC(=O)NCc1ccco1. The smallest absolute Gasteiger partial charge is 0.321 e. The monoisotopic (exact) mass is 384 g/mol. The topological polar surface area (TPSA) is 97.6 Å². The van der Waals surface area contributed by atoms with Crippen LogP contribution in [0.25, 0.3) is 0 Å². The summed E-state index contributed by atoms with van der Waals surface area (Å²) in [6, 6.07) is 5.36. The number of benzene rings is 1. The summed E-state index contributed by atoms with van der Waals surface area (Å²) in [6.45, 7) is -0.596. The summed E-state index contributed by atoms with van der Waals surface area (Å²) in [7, 11) is 0. The number of rotatable bonds is 7. The van der Waals surface area contributed by atoms with Gasteiger partial charge in [0, 0.05) is 4.90 Å². The average molecular weight is 384 g/mol. The van der Waals surface area contributed by atoms with Crippen LogP contribution in [0.4, 0.5) is 13.6 Å². The van der Waals surface area contributed by atoms with Crippen LogP contribution in [0.2, 0.25) is 0 Å². The first kappa shape index (κ1) is 19.4. The van der Waals surface area contributed by atoms with E-state index in [1.807, 2.05) is 5.32 Å². The maximum Gasteiger partial charge on any atom is 0.321 e. The molecular weight excluding hydrogens is 370 g/mol. The number of amides is 3. The van der Waals surface area contributed by atoms with E-state index in [0.717, 1.165) is 30.0 Å². The Bertz CT molecular complexity index is 783. The van der Waals surface area contributed by atoms with Crippen molar-refractivity contribution in [3.63, 3.8) is 0 Å². The number of halogens is 2. The Labute approximate surface area is 151 Å². The second-order valence-electron chi connectivity index (χ2n) is 4.83. The number of carbonyl (C=O) groups excluding carboxylic acids is 3. The van der Waals surface area contributed by atoms with E-state index in [0.29, 0.717) is 5.76 Å². The molecular formula is C16H14F2N2O5S. The number of imide groups is 1. The van der Waals surface area contributed by atoms with Crippen molar-refractivity contribution in [2.45, 2.75) is 11.4 Å². The number of ether oxygens (including phenoxy) is 1. The maximum atomic E-state index is 13.4. The Balaban J connectivity index is 1.65. The normalized spacial score (nSPS) is 10.2. The zero-order chi connectivity index (χ0) is 18.9. The van der Waals surface area contributed by atoms with Gasteiger partial charge in [-0.25, -0.2) is 13.6 Å². The fourth-order valence-corrected chi connectivity index (χ4v) is 2.46. The summed E-state index contributed by atoms with van der Waals surface area (Å²) in [5.74, 6) is -2.78. The minimum absolute atomic E-state index is 0.0521. The number of carbonyl (C=O) groups is 3. The molecule has 2 rings (SSSR count). The molecule has 26 heavy (non-hydrogen) atoms. The highest BCUT2D eigenvalue weighted by atomic mass is 32.2. The first-order chi connectivity index (χ1) is 12.4. The molecule has 10 heteroatoms. The molecule has 0 aliphatic carbocycles. The predicted octanol–water partition coefficient (Wildman–Crippen LogP) is 2.22. The fourth-order valence-electron chi connectivity index (χ4n) is 1.70. The predicted molar refractivity (Wildman–Crippen MR) is 87.1 cm³/mol. The molecule has 0 aliphatic heterocycles. The van der Waals surface area contributed by atoms with Crippen molar-refractivity contribution in [1.29, 1.82) is 0 Å². The molecule has 2 N–H and O–H groups in total. The summed E-state index contributed by atoms with van der Waals surface area (Å²) < 4.78 is 36.1. The molecule has 0 atom stereocenters. The van der Waals surface area contributed by atoms with E-state index in [1.54, 1.807) is 12.1 Å². The lowest BCUT2D eigenvalue weighted by Crippen LogP contribution is -2.41. The van der Waals surface area contributed by atoms with Gasteiger partial charge in [0.25, 0.3) is 5.91 Å². The number of esters is 1. The van der Waals surface area contributed by atoms with E-state index in [4.69, 9.17) is 4.42 Å². The Hall–Kier alpha value is -2.88. The molecule has 1 heterocycles. The molecule has 0 saturated carbocycles. The molecule has 0 fully saturated rings. The van der Waals surface area contributed by atoms with Crippen LogP contribution >= 0.6 is 11.8 Å². The molecule has 2 aromatic rings. The second kappa shape index (κ2) is 9.56. The van der Waals surface area contributed by atoms with E-state index in [2.05, 4.69) is 10.1 Å². The Morgan fingerprint density at radius 2 is 2.00 bits per heavy atom. The highest BCUT2D eigenvalue weighted by Gasteiger charge is 2.13. The molecule has 1 aromatic heterocycles. The molecule has 0 saturated heterocycles. The highest BCUT2D eigenvalue weighted by Crippen LogP contribution is 2.22. The molecule has 3 amide bonds. The van der Waals surface area contributed by atoms with Gasteiger partial charge in [0.15, 0.2) is 6.61 Å². The van der Waals surface area contributed by atoms with Gasteiger partial charge in [0.1, 0.15) is 17.4 Å². The Morgan fingerprint density at radius 1 is 1.19 bits per heavy atom. The minimum atomic E-state index is -0.836. The van der Waals surface area contributed by atoms with Gasteiger partial charge in [-0.3, -0.25) is 14.9 Å². The molecule has 138 valence electrons. The van der Waals surface area contributed by atoms with E-state index < -0.39 is 36.1 Å². The van der Waals surface area contributed by atoms with Gasteiger partial charge in [0.05, 0.1) is 18.6 Å². The Morgan fingerprint density at radius 3 is 2.73 bits per heavy atom. The third kappa shape index (κ3) is 6.55. The second-order valence-corrected chi connectivity index (χ2v) is 5.85. The third-order valence-electron chi connectivity index (χ3n) is 2.86.